The number of unbranched alkanes of at least 4 members (excludes halogenated alkanes) is 2. The molecular weight excluding hydrogens is 326 g/mol. The first-order valence-corrected chi connectivity index (χ1v) is 10.3. The highest BCUT2D eigenvalue weighted by molar-refractivity contribution is 5.75. The number of hydrogen-bond acceptors (Lipinski definition) is 3. The largest absolute Gasteiger partial charge is 0.392 e. The van der Waals surface area contributed by atoms with Gasteiger partial charge in [0.15, 0.2) is 0 Å². The van der Waals surface area contributed by atoms with Gasteiger partial charge >= 0.3 is 0 Å². The number of amides is 1. The van der Waals surface area contributed by atoms with Gasteiger partial charge < -0.3 is 15.1 Å². The topological polar surface area (TPSA) is 60.8 Å². The Balaban J connectivity index is 1.84. The second-order valence-corrected chi connectivity index (χ2v) is 8.35. The van der Waals surface area contributed by atoms with Crippen LogP contribution in [-0.4, -0.2) is 47.3 Å². The summed E-state index contributed by atoms with van der Waals surface area (Å²) in [5, 5.41) is 20.5. The lowest BCUT2D eigenvalue weighted by atomic mass is 9.90. The lowest BCUT2D eigenvalue weighted by Gasteiger charge is -2.17. The number of fused-ring (bicyclic) bond motifs is 1. The fourth-order valence-electron chi connectivity index (χ4n) is 4.52. The third kappa shape index (κ3) is 5.95. The first-order chi connectivity index (χ1) is 12.4. The van der Waals surface area contributed by atoms with Crippen LogP contribution in [0.4, 0.5) is 0 Å². The van der Waals surface area contributed by atoms with Crippen molar-refractivity contribution >= 4 is 5.91 Å². The van der Waals surface area contributed by atoms with Crippen LogP contribution in [0.3, 0.4) is 0 Å². The van der Waals surface area contributed by atoms with E-state index in [9.17, 15) is 15.0 Å². The van der Waals surface area contributed by atoms with E-state index >= 15 is 0 Å². The van der Waals surface area contributed by atoms with Gasteiger partial charge in [-0.05, 0) is 43.9 Å². The first kappa shape index (κ1) is 21.2. The molecule has 0 aliphatic heterocycles. The third-order valence-electron chi connectivity index (χ3n) is 6.06. The van der Waals surface area contributed by atoms with Gasteiger partial charge in [-0.1, -0.05) is 50.0 Å². The molecule has 148 valence electrons. The molecule has 2 aliphatic carbocycles. The van der Waals surface area contributed by atoms with Crippen LogP contribution in [0.15, 0.2) is 23.8 Å². The number of hydrogen-bond donors (Lipinski definition) is 2. The lowest BCUT2D eigenvalue weighted by molar-refractivity contribution is -0.128. The van der Waals surface area contributed by atoms with Crippen LogP contribution >= 0.6 is 0 Å². The molecule has 4 nitrogen and oxygen atoms in total. The summed E-state index contributed by atoms with van der Waals surface area (Å²) in [6.45, 7) is 2.17. The quantitative estimate of drug-likeness (QED) is 0.485. The monoisotopic (exact) mass is 363 g/mol. The lowest BCUT2D eigenvalue weighted by Crippen LogP contribution is -2.20. The van der Waals surface area contributed by atoms with Crippen molar-refractivity contribution in [2.75, 3.05) is 14.1 Å². The van der Waals surface area contributed by atoms with Crippen LogP contribution in [0.5, 0.6) is 0 Å². The van der Waals surface area contributed by atoms with Crippen LogP contribution in [0.1, 0.15) is 64.7 Å². The number of carbonyl (C=O) groups excluding carboxylic acids is 1. The zero-order valence-electron chi connectivity index (χ0n) is 16.7. The number of allylic oxidation sites excluding steroid dienone is 2. The molecule has 2 N–H and O–H groups in total. The molecule has 4 heteroatoms. The summed E-state index contributed by atoms with van der Waals surface area (Å²) in [6.07, 6.45) is 14.1. The minimum Gasteiger partial charge on any atom is -0.392 e. The maximum absolute atomic E-state index is 11.7. The van der Waals surface area contributed by atoms with Gasteiger partial charge in [0.1, 0.15) is 0 Å². The molecule has 2 saturated carbocycles. The molecule has 5 atom stereocenters. The number of aliphatic hydroxyl groups is 2. The van der Waals surface area contributed by atoms with Crippen LogP contribution in [0.2, 0.25) is 0 Å². The Hall–Kier alpha value is -1.13. The second-order valence-electron chi connectivity index (χ2n) is 8.35. The molecule has 0 aromatic heterocycles. The van der Waals surface area contributed by atoms with Crippen molar-refractivity contribution in [2.45, 2.75) is 76.9 Å². The Morgan fingerprint density at radius 3 is 2.77 bits per heavy atom. The van der Waals surface area contributed by atoms with Crippen molar-refractivity contribution in [3.05, 3.63) is 23.8 Å². The number of carbonyl (C=O) groups is 1. The van der Waals surface area contributed by atoms with Gasteiger partial charge in [0, 0.05) is 26.4 Å². The van der Waals surface area contributed by atoms with Gasteiger partial charge in [0.25, 0.3) is 0 Å². The predicted octanol–water partition coefficient (Wildman–Crippen LogP) is 3.69. The van der Waals surface area contributed by atoms with Crippen LogP contribution in [0, 0.1) is 17.8 Å². The van der Waals surface area contributed by atoms with Crippen LogP contribution in [-0.2, 0) is 4.79 Å². The second kappa shape index (κ2) is 10.3. The van der Waals surface area contributed by atoms with E-state index in [1.807, 2.05) is 6.08 Å². The molecule has 0 aromatic rings. The van der Waals surface area contributed by atoms with Crippen molar-refractivity contribution in [1.29, 1.82) is 0 Å². The van der Waals surface area contributed by atoms with E-state index in [1.165, 1.54) is 5.57 Å². The molecule has 1 amide bonds. The highest BCUT2D eigenvalue weighted by Crippen LogP contribution is 2.50. The summed E-state index contributed by atoms with van der Waals surface area (Å²) in [5.74, 6) is 1.37. The van der Waals surface area contributed by atoms with Crippen molar-refractivity contribution in [2.24, 2.45) is 17.8 Å². The van der Waals surface area contributed by atoms with Gasteiger partial charge in [-0.2, -0.15) is 0 Å². The van der Waals surface area contributed by atoms with E-state index in [4.69, 9.17) is 0 Å². The summed E-state index contributed by atoms with van der Waals surface area (Å²) in [7, 11) is 3.59. The van der Waals surface area contributed by atoms with E-state index in [-0.39, 0.29) is 24.0 Å². The fourth-order valence-corrected chi connectivity index (χ4v) is 4.52. The maximum Gasteiger partial charge on any atom is 0.222 e. The standard InChI is InChI=1S/C22H37NO3/c1-4-5-6-9-18(24)11-12-19-20-14-16(13-17(20)15-21(19)25)8-7-10-22(26)23(2)3/h8,11-12,17-21,24-25H,4-7,9-10,13-15H2,1-3H3/b12-11+,16-8+/t17-,18-,19+,20-,21+/m0/s1. The molecule has 0 radical (unpaired) electrons. The van der Waals surface area contributed by atoms with Gasteiger partial charge in [0.2, 0.25) is 5.91 Å². The molecule has 2 fully saturated rings. The third-order valence-corrected chi connectivity index (χ3v) is 6.06. The summed E-state index contributed by atoms with van der Waals surface area (Å²) in [4.78, 5) is 13.3. The SMILES string of the molecule is CCCCC[C@H](O)/C=C/[C@@H]1[C@H]2C/C(=C/CCC(=O)N(C)C)C[C@H]2C[C@H]1O. The minimum absolute atomic E-state index is 0.162. The Labute approximate surface area is 159 Å². The molecule has 26 heavy (non-hydrogen) atoms. The summed E-state index contributed by atoms with van der Waals surface area (Å²) in [5.41, 5.74) is 1.44. The summed E-state index contributed by atoms with van der Waals surface area (Å²) < 4.78 is 0. The van der Waals surface area contributed by atoms with Gasteiger partial charge in [-0.3, -0.25) is 4.79 Å². The Kier molecular flexibility index (Phi) is 8.36. The Bertz CT molecular complexity index is 512. The minimum atomic E-state index is -0.388. The number of aliphatic hydroxyl groups excluding tert-OH is 2. The molecule has 2 rings (SSSR count). The molecule has 0 spiro atoms. The van der Waals surface area contributed by atoms with Crippen molar-refractivity contribution in [1.82, 2.24) is 4.90 Å². The first-order valence-electron chi connectivity index (χ1n) is 10.3. The van der Waals surface area contributed by atoms with Crippen molar-refractivity contribution in [3.8, 4) is 0 Å². The molecule has 0 bridgehead atoms. The van der Waals surface area contributed by atoms with Gasteiger partial charge in [-0.15, -0.1) is 0 Å². The number of nitrogens with zero attached hydrogens (tertiary/aromatic N) is 1. The summed E-state index contributed by atoms with van der Waals surface area (Å²) in [6, 6.07) is 0. The predicted molar refractivity (Wildman–Crippen MR) is 106 cm³/mol. The van der Waals surface area contributed by atoms with E-state index in [0.29, 0.717) is 18.3 Å². The Morgan fingerprint density at radius 2 is 2.08 bits per heavy atom. The molecule has 2 aliphatic rings. The molecule has 0 saturated heterocycles. The Morgan fingerprint density at radius 1 is 1.31 bits per heavy atom. The maximum atomic E-state index is 11.7. The van der Waals surface area contributed by atoms with Gasteiger partial charge in [-0.25, -0.2) is 0 Å². The smallest absolute Gasteiger partial charge is 0.222 e. The average molecular weight is 364 g/mol. The van der Waals surface area contributed by atoms with Gasteiger partial charge in [0.05, 0.1) is 12.2 Å². The zero-order valence-corrected chi connectivity index (χ0v) is 16.7. The van der Waals surface area contributed by atoms with E-state index in [1.54, 1.807) is 19.0 Å². The van der Waals surface area contributed by atoms with E-state index in [0.717, 1.165) is 51.4 Å². The number of rotatable bonds is 9. The van der Waals surface area contributed by atoms with Crippen LogP contribution < -0.4 is 0 Å². The molecule has 0 unspecified atom stereocenters. The highest BCUT2D eigenvalue weighted by atomic mass is 16.3. The molecular formula is C22H37NO3. The fraction of sp³-hybridized carbons (Fsp3) is 0.773. The van der Waals surface area contributed by atoms with Crippen LogP contribution in [0.25, 0.3) is 0 Å². The van der Waals surface area contributed by atoms with Crippen molar-refractivity contribution in [3.63, 3.8) is 0 Å². The zero-order chi connectivity index (χ0) is 19.1. The summed E-state index contributed by atoms with van der Waals surface area (Å²) >= 11 is 0. The normalized spacial score (nSPS) is 30.9. The van der Waals surface area contributed by atoms with E-state index in [2.05, 4.69) is 19.1 Å². The van der Waals surface area contributed by atoms with Crippen molar-refractivity contribution < 1.29 is 15.0 Å². The average Bonchev–Trinajstić information content (AvgIpc) is 3.09. The highest BCUT2D eigenvalue weighted by Gasteiger charge is 2.44. The molecule has 0 aromatic carbocycles. The van der Waals surface area contributed by atoms with E-state index < -0.39 is 0 Å². The molecule has 0 heterocycles.